The maximum Gasteiger partial charge on any atom is 0.338 e. The maximum atomic E-state index is 12.9. The number of benzene rings is 2. The number of fused-ring (bicyclic) bond motifs is 2. The van der Waals surface area contributed by atoms with Crippen molar-refractivity contribution >= 4 is 28.9 Å². The van der Waals surface area contributed by atoms with Gasteiger partial charge in [0.25, 0.3) is 0 Å². The van der Waals surface area contributed by atoms with E-state index in [1.54, 1.807) is 24.4 Å². The molecule has 4 rings (SSSR count). The summed E-state index contributed by atoms with van der Waals surface area (Å²) >= 11 is 0. The minimum absolute atomic E-state index is 0.166. The van der Waals surface area contributed by atoms with Crippen LogP contribution in [-0.2, 0) is 9.53 Å². The topological polar surface area (TPSA) is 90.0 Å². The lowest BCUT2D eigenvalue weighted by Gasteiger charge is -2.09. The molecule has 1 aromatic heterocycles. The summed E-state index contributed by atoms with van der Waals surface area (Å²) in [6, 6.07) is 11.3. The molecule has 1 aliphatic heterocycles. The van der Waals surface area contributed by atoms with Crippen LogP contribution in [0.1, 0.15) is 15.9 Å². The summed E-state index contributed by atoms with van der Waals surface area (Å²) in [6.45, 7) is 0.166. The number of methoxy groups -OCH3 is 1. The normalized spacial score (nSPS) is 13.8. The van der Waals surface area contributed by atoms with Crippen molar-refractivity contribution in [3.63, 3.8) is 0 Å². The second-order valence-corrected chi connectivity index (χ2v) is 5.93. The molecule has 3 aromatic rings. The molecule has 136 valence electrons. The number of ether oxygens (including phenoxy) is 3. The van der Waals surface area contributed by atoms with E-state index in [2.05, 4.69) is 9.98 Å². The highest BCUT2D eigenvalue weighted by atomic mass is 16.7. The van der Waals surface area contributed by atoms with Crippen LogP contribution in [0.4, 0.5) is 0 Å². The smallest absolute Gasteiger partial charge is 0.338 e. The van der Waals surface area contributed by atoms with E-state index in [1.165, 1.54) is 13.3 Å². The molecule has 2 aromatic carbocycles. The molecule has 1 aliphatic rings. The number of para-hydroxylation sites is 1. The van der Waals surface area contributed by atoms with E-state index < -0.39 is 17.8 Å². The molecule has 1 unspecified atom stereocenters. The van der Waals surface area contributed by atoms with Crippen LogP contribution in [0, 0.1) is 0 Å². The number of rotatable bonds is 5. The fourth-order valence-corrected chi connectivity index (χ4v) is 2.92. The van der Waals surface area contributed by atoms with Crippen LogP contribution in [0.5, 0.6) is 11.5 Å². The highest BCUT2D eigenvalue weighted by Crippen LogP contribution is 2.32. The van der Waals surface area contributed by atoms with Gasteiger partial charge < -0.3 is 19.2 Å². The van der Waals surface area contributed by atoms with Crippen molar-refractivity contribution in [3.05, 3.63) is 59.8 Å². The number of nitrogens with zero attached hydrogens (tertiary/aromatic N) is 1. The van der Waals surface area contributed by atoms with Crippen LogP contribution in [0.2, 0.25) is 0 Å². The molecule has 2 heterocycles. The van der Waals surface area contributed by atoms with Gasteiger partial charge in [0.2, 0.25) is 18.6 Å². The summed E-state index contributed by atoms with van der Waals surface area (Å²) in [5.74, 6) is 0.0848. The Kier molecular flexibility index (Phi) is 4.33. The van der Waals surface area contributed by atoms with Gasteiger partial charge in [0.1, 0.15) is 0 Å². The lowest BCUT2D eigenvalue weighted by molar-refractivity contribution is -0.140. The minimum Gasteiger partial charge on any atom is -0.467 e. The van der Waals surface area contributed by atoms with Crippen molar-refractivity contribution in [1.29, 1.82) is 0 Å². The van der Waals surface area contributed by atoms with Crippen LogP contribution in [0.3, 0.4) is 0 Å². The van der Waals surface area contributed by atoms with Crippen LogP contribution >= 0.6 is 0 Å². The first-order chi connectivity index (χ1) is 13.2. The minimum atomic E-state index is -1.29. The molecule has 0 radical (unpaired) electrons. The summed E-state index contributed by atoms with van der Waals surface area (Å²) in [5.41, 5.74) is 1.88. The van der Waals surface area contributed by atoms with Crippen molar-refractivity contribution in [2.24, 2.45) is 4.99 Å². The molecule has 0 bridgehead atoms. The van der Waals surface area contributed by atoms with Crippen molar-refractivity contribution in [2.75, 3.05) is 13.9 Å². The van der Waals surface area contributed by atoms with Gasteiger partial charge in [-0.05, 0) is 29.8 Å². The largest absolute Gasteiger partial charge is 0.467 e. The van der Waals surface area contributed by atoms with Gasteiger partial charge in [-0.3, -0.25) is 9.79 Å². The van der Waals surface area contributed by atoms with Gasteiger partial charge in [-0.1, -0.05) is 18.2 Å². The summed E-state index contributed by atoms with van der Waals surface area (Å²) in [6.07, 6.45) is 3.04. The second-order valence-electron chi connectivity index (χ2n) is 5.93. The van der Waals surface area contributed by atoms with Crippen LogP contribution < -0.4 is 9.47 Å². The van der Waals surface area contributed by atoms with E-state index >= 15 is 0 Å². The Morgan fingerprint density at radius 2 is 2.00 bits per heavy atom. The molecule has 0 fully saturated rings. The first kappa shape index (κ1) is 16.8. The molecular formula is C20H16N2O5. The van der Waals surface area contributed by atoms with Crippen LogP contribution in [-0.4, -0.2) is 42.9 Å². The SMILES string of the molecule is COC(=O)C(N=Cc1ccc2c(c1)OCO2)C(=O)c1c[nH]c2ccccc12. The number of nitrogens with one attached hydrogen (secondary N) is 1. The highest BCUT2D eigenvalue weighted by Gasteiger charge is 2.29. The average Bonchev–Trinajstić information content (AvgIpc) is 3.34. The van der Waals surface area contributed by atoms with E-state index in [9.17, 15) is 9.59 Å². The van der Waals surface area contributed by atoms with Gasteiger partial charge in [-0.15, -0.1) is 0 Å². The summed E-state index contributed by atoms with van der Waals surface area (Å²) < 4.78 is 15.4. The zero-order chi connectivity index (χ0) is 18.8. The van der Waals surface area contributed by atoms with E-state index in [-0.39, 0.29) is 6.79 Å². The van der Waals surface area contributed by atoms with E-state index in [1.807, 2.05) is 24.3 Å². The summed E-state index contributed by atoms with van der Waals surface area (Å²) in [4.78, 5) is 32.4. The third-order valence-electron chi connectivity index (χ3n) is 4.30. The molecule has 0 spiro atoms. The summed E-state index contributed by atoms with van der Waals surface area (Å²) in [5, 5.41) is 0.731. The Balaban J connectivity index is 1.65. The molecule has 1 atom stereocenters. The number of carbonyl (C=O) groups excluding carboxylic acids is 2. The van der Waals surface area contributed by atoms with E-state index in [4.69, 9.17) is 14.2 Å². The molecule has 1 N–H and O–H groups in total. The van der Waals surface area contributed by atoms with Crippen LogP contribution in [0.25, 0.3) is 10.9 Å². The average molecular weight is 364 g/mol. The molecule has 0 aliphatic carbocycles. The standard InChI is InChI=1S/C20H16N2O5/c1-25-20(24)18(19(23)14-10-21-15-5-3-2-4-13(14)15)22-9-12-6-7-16-17(8-12)27-11-26-16/h2-10,18,21H,11H2,1H3. The molecule has 27 heavy (non-hydrogen) atoms. The Bertz CT molecular complexity index is 1050. The first-order valence-electron chi connectivity index (χ1n) is 8.28. The Morgan fingerprint density at radius 3 is 2.85 bits per heavy atom. The fourth-order valence-electron chi connectivity index (χ4n) is 2.92. The van der Waals surface area contributed by atoms with Gasteiger partial charge >= 0.3 is 5.97 Å². The van der Waals surface area contributed by atoms with Crippen molar-refractivity contribution in [1.82, 2.24) is 4.98 Å². The number of aliphatic imine (C=N–C) groups is 1. The number of ketones is 1. The number of hydrogen-bond acceptors (Lipinski definition) is 6. The second kappa shape index (κ2) is 6.95. The first-order valence-corrected chi connectivity index (χ1v) is 8.28. The Hall–Kier alpha value is -3.61. The number of aromatic nitrogens is 1. The van der Waals surface area contributed by atoms with Crippen molar-refractivity contribution in [3.8, 4) is 11.5 Å². The van der Waals surface area contributed by atoms with Gasteiger partial charge in [-0.25, -0.2) is 4.79 Å². The van der Waals surface area contributed by atoms with E-state index in [0.29, 0.717) is 22.6 Å². The number of esters is 1. The molecule has 0 saturated heterocycles. The maximum absolute atomic E-state index is 12.9. The third-order valence-corrected chi connectivity index (χ3v) is 4.30. The van der Waals surface area contributed by atoms with E-state index in [0.717, 1.165) is 10.9 Å². The highest BCUT2D eigenvalue weighted by molar-refractivity contribution is 6.18. The Labute approximate surface area is 154 Å². The Morgan fingerprint density at radius 1 is 1.19 bits per heavy atom. The lowest BCUT2D eigenvalue weighted by atomic mass is 10.0. The number of hydrogen-bond donors (Lipinski definition) is 1. The van der Waals surface area contributed by atoms with Gasteiger partial charge in [0.15, 0.2) is 11.5 Å². The molecule has 0 amide bonds. The van der Waals surface area contributed by atoms with Gasteiger partial charge in [0.05, 0.1) is 7.11 Å². The zero-order valence-electron chi connectivity index (χ0n) is 14.5. The molecule has 7 heteroatoms. The molecule has 0 saturated carbocycles. The molecular weight excluding hydrogens is 348 g/mol. The van der Waals surface area contributed by atoms with Gasteiger partial charge in [-0.2, -0.15) is 0 Å². The number of aromatic amines is 1. The monoisotopic (exact) mass is 364 g/mol. The molecule has 7 nitrogen and oxygen atoms in total. The van der Waals surface area contributed by atoms with Gasteiger partial charge in [0, 0.05) is 28.9 Å². The predicted octanol–water partition coefficient (Wildman–Crippen LogP) is 2.74. The predicted molar refractivity (Wildman–Crippen MR) is 98.6 cm³/mol. The van der Waals surface area contributed by atoms with Crippen molar-refractivity contribution < 1.29 is 23.8 Å². The van der Waals surface area contributed by atoms with Crippen molar-refractivity contribution in [2.45, 2.75) is 6.04 Å². The zero-order valence-corrected chi connectivity index (χ0v) is 14.5. The summed E-state index contributed by atoms with van der Waals surface area (Å²) in [7, 11) is 1.23. The third kappa shape index (κ3) is 3.15. The number of Topliss-reactive ketones (excluding diaryl/α,β-unsaturated/α-hetero) is 1. The fraction of sp³-hybridized carbons (Fsp3) is 0.150. The number of H-pyrrole nitrogens is 1. The number of carbonyl (C=O) groups is 2. The van der Waals surface area contributed by atoms with Crippen LogP contribution in [0.15, 0.2) is 53.7 Å². The lowest BCUT2D eigenvalue weighted by Crippen LogP contribution is -2.29. The quantitative estimate of drug-likeness (QED) is 0.325.